The van der Waals surface area contributed by atoms with Gasteiger partial charge in [0, 0.05) is 12.0 Å². The molecular weight excluding hydrogens is 268 g/mol. The predicted octanol–water partition coefficient (Wildman–Crippen LogP) is 2.66. The molecule has 2 rings (SSSR count). The molecule has 0 atom stereocenters. The summed E-state index contributed by atoms with van der Waals surface area (Å²) in [7, 11) is 1.18. The molecule has 0 saturated heterocycles. The van der Waals surface area contributed by atoms with Crippen molar-refractivity contribution in [2.45, 2.75) is 6.42 Å². The minimum atomic E-state index is -0.868. The van der Waals surface area contributed by atoms with E-state index in [1.807, 2.05) is 30.3 Å². The first-order valence-corrected chi connectivity index (χ1v) is 6.60. The van der Waals surface area contributed by atoms with Gasteiger partial charge < -0.3 is 9.47 Å². The molecule has 0 bridgehead atoms. The minimum absolute atomic E-state index is 0.289. The van der Waals surface area contributed by atoms with Crippen molar-refractivity contribution in [2.75, 3.05) is 13.7 Å². The van der Waals surface area contributed by atoms with Crippen molar-refractivity contribution in [1.29, 1.82) is 0 Å². The molecule has 0 saturated carbocycles. The van der Waals surface area contributed by atoms with Crippen LogP contribution >= 0.6 is 0 Å². The summed E-state index contributed by atoms with van der Waals surface area (Å²) in [5, 5.41) is 0. The highest BCUT2D eigenvalue weighted by Gasteiger charge is 2.16. The zero-order valence-corrected chi connectivity index (χ0v) is 11.7. The standard InChI is InChI=1S/C17H16O4/c1-20-17(19)16(18)14-7-9-15(10-8-14)21-12-11-13-5-3-2-4-6-13/h2-10H,11-12H2,1H3. The predicted molar refractivity (Wildman–Crippen MR) is 78.4 cm³/mol. The third-order valence-corrected chi connectivity index (χ3v) is 2.99. The number of rotatable bonds is 6. The summed E-state index contributed by atoms with van der Waals surface area (Å²) in [5.74, 6) is -0.867. The highest BCUT2D eigenvalue weighted by atomic mass is 16.5. The van der Waals surface area contributed by atoms with Gasteiger partial charge in [-0.05, 0) is 29.8 Å². The van der Waals surface area contributed by atoms with Gasteiger partial charge in [-0.15, -0.1) is 0 Å². The van der Waals surface area contributed by atoms with Gasteiger partial charge in [0.1, 0.15) is 5.75 Å². The number of benzene rings is 2. The zero-order chi connectivity index (χ0) is 15.1. The third kappa shape index (κ3) is 4.18. The van der Waals surface area contributed by atoms with Gasteiger partial charge in [0.05, 0.1) is 13.7 Å². The number of hydrogen-bond acceptors (Lipinski definition) is 4. The summed E-state index contributed by atoms with van der Waals surface area (Å²) in [5.41, 5.74) is 1.49. The van der Waals surface area contributed by atoms with Crippen molar-refractivity contribution in [3.63, 3.8) is 0 Å². The largest absolute Gasteiger partial charge is 0.493 e. The average molecular weight is 284 g/mol. The van der Waals surface area contributed by atoms with Gasteiger partial charge in [0.15, 0.2) is 0 Å². The first-order valence-electron chi connectivity index (χ1n) is 6.60. The lowest BCUT2D eigenvalue weighted by Crippen LogP contribution is -2.15. The molecule has 0 spiro atoms. The maximum atomic E-state index is 11.6. The van der Waals surface area contributed by atoms with Crippen LogP contribution in [0.1, 0.15) is 15.9 Å². The molecule has 4 nitrogen and oxygen atoms in total. The van der Waals surface area contributed by atoms with Crippen LogP contribution in [0.4, 0.5) is 0 Å². The Balaban J connectivity index is 1.88. The number of carbonyl (C=O) groups is 2. The highest BCUT2D eigenvalue weighted by Crippen LogP contribution is 2.13. The number of esters is 1. The van der Waals surface area contributed by atoms with Crippen LogP contribution in [0.15, 0.2) is 54.6 Å². The first-order chi connectivity index (χ1) is 10.2. The number of ketones is 1. The maximum absolute atomic E-state index is 11.6. The van der Waals surface area contributed by atoms with E-state index in [-0.39, 0.29) is 5.56 Å². The zero-order valence-electron chi connectivity index (χ0n) is 11.7. The minimum Gasteiger partial charge on any atom is -0.493 e. The molecule has 0 unspecified atom stereocenters. The van der Waals surface area contributed by atoms with Crippen molar-refractivity contribution < 1.29 is 19.1 Å². The van der Waals surface area contributed by atoms with Gasteiger partial charge in [-0.1, -0.05) is 30.3 Å². The van der Waals surface area contributed by atoms with Crippen molar-refractivity contribution in [1.82, 2.24) is 0 Å². The summed E-state index contributed by atoms with van der Waals surface area (Å²) < 4.78 is 9.99. The molecule has 0 aliphatic heterocycles. The molecule has 0 N–H and O–H groups in total. The smallest absolute Gasteiger partial charge is 0.379 e. The Hall–Kier alpha value is -2.62. The van der Waals surface area contributed by atoms with Gasteiger partial charge >= 0.3 is 5.97 Å². The van der Waals surface area contributed by atoms with Crippen molar-refractivity contribution >= 4 is 11.8 Å². The molecular formula is C17H16O4. The number of methoxy groups -OCH3 is 1. The summed E-state index contributed by atoms with van der Waals surface area (Å²) in [6, 6.07) is 16.5. The second kappa shape index (κ2) is 7.24. The Morgan fingerprint density at radius 1 is 0.952 bits per heavy atom. The van der Waals surface area contributed by atoms with Crippen LogP contribution in [0.5, 0.6) is 5.75 Å². The molecule has 0 aromatic heterocycles. The van der Waals surface area contributed by atoms with Crippen LogP contribution in [0.25, 0.3) is 0 Å². The average Bonchev–Trinajstić information content (AvgIpc) is 2.55. The number of ether oxygens (including phenoxy) is 2. The van der Waals surface area contributed by atoms with E-state index < -0.39 is 11.8 Å². The lowest BCUT2D eigenvalue weighted by molar-refractivity contribution is -0.135. The maximum Gasteiger partial charge on any atom is 0.379 e. The second-order valence-corrected chi connectivity index (χ2v) is 4.43. The van der Waals surface area contributed by atoms with E-state index in [9.17, 15) is 9.59 Å². The van der Waals surface area contributed by atoms with Crippen LogP contribution in [0, 0.1) is 0 Å². The topological polar surface area (TPSA) is 52.6 Å². The highest BCUT2D eigenvalue weighted by molar-refractivity contribution is 6.40. The van der Waals surface area contributed by atoms with E-state index >= 15 is 0 Å². The summed E-state index contributed by atoms with van der Waals surface area (Å²) in [6.45, 7) is 0.550. The molecule has 0 amide bonds. The van der Waals surface area contributed by atoms with E-state index in [4.69, 9.17) is 4.74 Å². The number of carbonyl (C=O) groups excluding carboxylic acids is 2. The van der Waals surface area contributed by atoms with Crippen LogP contribution in [0.2, 0.25) is 0 Å². The lowest BCUT2D eigenvalue weighted by Gasteiger charge is -2.07. The van der Waals surface area contributed by atoms with Crippen LogP contribution in [0.3, 0.4) is 0 Å². The summed E-state index contributed by atoms with van der Waals surface area (Å²) >= 11 is 0. The molecule has 0 radical (unpaired) electrons. The normalized spacial score (nSPS) is 9.95. The van der Waals surface area contributed by atoms with E-state index in [2.05, 4.69) is 4.74 Å². The van der Waals surface area contributed by atoms with Crippen molar-refractivity contribution in [2.24, 2.45) is 0 Å². The van der Waals surface area contributed by atoms with Crippen molar-refractivity contribution in [3.05, 3.63) is 65.7 Å². The van der Waals surface area contributed by atoms with Gasteiger partial charge in [0.2, 0.25) is 0 Å². The molecule has 0 heterocycles. The van der Waals surface area contributed by atoms with E-state index in [0.717, 1.165) is 6.42 Å². The first kappa shape index (κ1) is 14.8. The monoisotopic (exact) mass is 284 g/mol. The fraction of sp³-hybridized carbons (Fsp3) is 0.176. The molecule has 2 aromatic rings. The fourth-order valence-corrected chi connectivity index (χ4v) is 1.84. The van der Waals surface area contributed by atoms with Gasteiger partial charge in [0.25, 0.3) is 5.78 Å². The molecule has 0 fully saturated rings. The van der Waals surface area contributed by atoms with Gasteiger partial charge in [-0.25, -0.2) is 4.79 Å². The van der Waals surface area contributed by atoms with Gasteiger partial charge in [-0.2, -0.15) is 0 Å². The van der Waals surface area contributed by atoms with Crippen LogP contribution < -0.4 is 4.74 Å². The Morgan fingerprint density at radius 3 is 2.24 bits per heavy atom. The number of Topliss-reactive ketones (excluding diaryl/α,β-unsaturated/α-hetero) is 1. The molecule has 108 valence electrons. The van der Waals surface area contributed by atoms with E-state index in [0.29, 0.717) is 12.4 Å². The van der Waals surface area contributed by atoms with Crippen LogP contribution in [-0.2, 0) is 16.0 Å². The SMILES string of the molecule is COC(=O)C(=O)c1ccc(OCCc2ccccc2)cc1. The van der Waals surface area contributed by atoms with E-state index in [1.165, 1.54) is 12.7 Å². The molecule has 0 aliphatic carbocycles. The van der Waals surface area contributed by atoms with Crippen LogP contribution in [-0.4, -0.2) is 25.5 Å². The summed E-state index contributed by atoms with van der Waals surface area (Å²) in [4.78, 5) is 22.7. The third-order valence-electron chi connectivity index (χ3n) is 2.99. The fourth-order valence-electron chi connectivity index (χ4n) is 1.84. The Morgan fingerprint density at radius 2 is 1.62 bits per heavy atom. The van der Waals surface area contributed by atoms with Crippen molar-refractivity contribution in [3.8, 4) is 5.75 Å². The molecule has 2 aromatic carbocycles. The molecule has 0 aliphatic rings. The Labute approximate surface area is 123 Å². The number of hydrogen-bond donors (Lipinski definition) is 0. The van der Waals surface area contributed by atoms with E-state index in [1.54, 1.807) is 24.3 Å². The molecule has 4 heteroatoms. The second-order valence-electron chi connectivity index (χ2n) is 4.43. The molecule has 21 heavy (non-hydrogen) atoms. The lowest BCUT2D eigenvalue weighted by atomic mass is 10.1. The quantitative estimate of drug-likeness (QED) is 0.465. The van der Waals surface area contributed by atoms with Gasteiger partial charge in [-0.3, -0.25) is 4.79 Å². The summed E-state index contributed by atoms with van der Waals surface area (Å²) in [6.07, 6.45) is 0.809. The Kier molecular flexibility index (Phi) is 5.10. The Bertz CT molecular complexity index is 602.